The molecule has 1 unspecified atom stereocenters. The Morgan fingerprint density at radius 3 is 2.39 bits per heavy atom. The Balaban J connectivity index is 2.02. The lowest BCUT2D eigenvalue weighted by Gasteiger charge is -2.34. The summed E-state index contributed by atoms with van der Waals surface area (Å²) in [5.41, 5.74) is 0. The lowest BCUT2D eigenvalue weighted by molar-refractivity contribution is -0.130. The fraction of sp³-hybridized carbons (Fsp3) is 0.917. The number of halogens is 1. The summed E-state index contributed by atoms with van der Waals surface area (Å²) in [6, 6.07) is 0.140. The molecule has 0 N–H and O–H groups in total. The number of rotatable bonds is 3. The standard InChI is InChI=1S/C12H20ClNO3S/c1-9(10-5-3-2-4-6-10)14-8-11(7-12(14)15)18(13,16)17/h9-11H,2-8H2,1H3/t9-,11?/m0/s1. The first kappa shape index (κ1) is 14.1. The second-order valence-electron chi connectivity index (χ2n) is 5.49. The zero-order valence-electron chi connectivity index (χ0n) is 10.6. The predicted octanol–water partition coefficient (Wildman–Crippen LogP) is 2.12. The quantitative estimate of drug-likeness (QED) is 0.749. The van der Waals surface area contributed by atoms with Gasteiger partial charge in [0, 0.05) is 29.7 Å². The first-order chi connectivity index (χ1) is 8.39. The maximum atomic E-state index is 11.9. The van der Waals surface area contributed by atoms with Crippen molar-refractivity contribution in [2.75, 3.05) is 6.54 Å². The van der Waals surface area contributed by atoms with Crippen LogP contribution in [0.2, 0.25) is 0 Å². The smallest absolute Gasteiger partial charge is 0.237 e. The van der Waals surface area contributed by atoms with Gasteiger partial charge in [-0.3, -0.25) is 4.79 Å². The molecule has 2 fully saturated rings. The van der Waals surface area contributed by atoms with Gasteiger partial charge < -0.3 is 4.90 Å². The van der Waals surface area contributed by atoms with Gasteiger partial charge in [0.1, 0.15) is 5.25 Å². The fourth-order valence-corrected chi connectivity index (χ4v) is 4.19. The first-order valence-electron chi connectivity index (χ1n) is 6.62. The third-order valence-electron chi connectivity index (χ3n) is 4.34. The first-order valence-corrected chi connectivity index (χ1v) is 9.00. The summed E-state index contributed by atoms with van der Waals surface area (Å²) in [5, 5.41) is -0.724. The van der Waals surface area contributed by atoms with Gasteiger partial charge in [0.15, 0.2) is 0 Å². The van der Waals surface area contributed by atoms with Crippen molar-refractivity contribution < 1.29 is 13.2 Å². The Bertz CT molecular complexity index is 417. The Morgan fingerprint density at radius 1 is 1.28 bits per heavy atom. The Labute approximate surface area is 113 Å². The maximum absolute atomic E-state index is 11.9. The topological polar surface area (TPSA) is 54.5 Å². The van der Waals surface area contributed by atoms with Gasteiger partial charge in [-0.2, -0.15) is 0 Å². The van der Waals surface area contributed by atoms with E-state index in [4.69, 9.17) is 10.7 Å². The average Bonchev–Trinajstić information content (AvgIpc) is 2.71. The molecule has 1 saturated heterocycles. The molecule has 0 aromatic rings. The van der Waals surface area contributed by atoms with Crippen LogP contribution in [-0.4, -0.2) is 37.1 Å². The number of hydrogen-bond acceptors (Lipinski definition) is 3. The zero-order valence-corrected chi connectivity index (χ0v) is 12.2. The summed E-state index contributed by atoms with van der Waals surface area (Å²) in [4.78, 5) is 13.6. The van der Waals surface area contributed by atoms with E-state index in [1.165, 1.54) is 19.3 Å². The molecule has 1 saturated carbocycles. The van der Waals surface area contributed by atoms with Crippen molar-refractivity contribution in [3.8, 4) is 0 Å². The van der Waals surface area contributed by atoms with Gasteiger partial charge in [-0.15, -0.1) is 0 Å². The van der Waals surface area contributed by atoms with Gasteiger partial charge in [-0.25, -0.2) is 8.42 Å². The molecular formula is C12H20ClNO3S. The molecule has 18 heavy (non-hydrogen) atoms. The minimum Gasteiger partial charge on any atom is -0.338 e. The average molecular weight is 294 g/mol. The molecule has 0 bridgehead atoms. The van der Waals surface area contributed by atoms with Crippen LogP contribution in [0.15, 0.2) is 0 Å². The number of hydrogen-bond donors (Lipinski definition) is 0. The molecule has 0 aromatic carbocycles. The van der Waals surface area contributed by atoms with Crippen molar-refractivity contribution in [3.63, 3.8) is 0 Å². The van der Waals surface area contributed by atoms with Crippen molar-refractivity contribution >= 4 is 25.6 Å². The highest BCUT2D eigenvalue weighted by Crippen LogP contribution is 2.32. The van der Waals surface area contributed by atoms with Gasteiger partial charge in [0.2, 0.25) is 15.0 Å². The molecule has 0 aromatic heterocycles. The van der Waals surface area contributed by atoms with E-state index in [1.807, 2.05) is 6.92 Å². The van der Waals surface area contributed by atoms with Crippen molar-refractivity contribution in [3.05, 3.63) is 0 Å². The molecule has 1 aliphatic heterocycles. The lowest BCUT2D eigenvalue weighted by atomic mass is 9.84. The molecule has 4 nitrogen and oxygen atoms in total. The van der Waals surface area contributed by atoms with Gasteiger partial charge in [-0.1, -0.05) is 19.3 Å². The van der Waals surface area contributed by atoms with Crippen LogP contribution in [0.1, 0.15) is 45.4 Å². The summed E-state index contributed by atoms with van der Waals surface area (Å²) in [7, 11) is 1.73. The van der Waals surface area contributed by atoms with Crippen LogP contribution in [0.5, 0.6) is 0 Å². The normalized spacial score (nSPS) is 28.7. The molecule has 104 valence electrons. The van der Waals surface area contributed by atoms with Crippen LogP contribution in [0.4, 0.5) is 0 Å². The number of carbonyl (C=O) groups excluding carboxylic acids is 1. The van der Waals surface area contributed by atoms with E-state index in [-0.39, 0.29) is 24.9 Å². The van der Waals surface area contributed by atoms with E-state index in [1.54, 1.807) is 4.90 Å². The van der Waals surface area contributed by atoms with Gasteiger partial charge in [-0.05, 0) is 25.7 Å². The van der Waals surface area contributed by atoms with E-state index in [2.05, 4.69) is 0 Å². The van der Waals surface area contributed by atoms with Crippen LogP contribution >= 0.6 is 10.7 Å². The van der Waals surface area contributed by atoms with Crippen LogP contribution < -0.4 is 0 Å². The van der Waals surface area contributed by atoms with Crippen molar-refractivity contribution in [2.24, 2.45) is 5.92 Å². The van der Waals surface area contributed by atoms with E-state index in [0.29, 0.717) is 5.92 Å². The molecule has 1 heterocycles. The van der Waals surface area contributed by atoms with E-state index < -0.39 is 14.3 Å². The van der Waals surface area contributed by atoms with Crippen LogP contribution in [0.3, 0.4) is 0 Å². The van der Waals surface area contributed by atoms with Crippen molar-refractivity contribution in [1.29, 1.82) is 0 Å². The van der Waals surface area contributed by atoms with Crippen LogP contribution in [0, 0.1) is 5.92 Å². The molecule has 2 aliphatic rings. The number of carbonyl (C=O) groups is 1. The van der Waals surface area contributed by atoms with Gasteiger partial charge in [0.25, 0.3) is 0 Å². The third-order valence-corrected chi connectivity index (χ3v) is 6.21. The summed E-state index contributed by atoms with van der Waals surface area (Å²) in [6.45, 7) is 2.31. The monoisotopic (exact) mass is 293 g/mol. The molecule has 1 aliphatic carbocycles. The van der Waals surface area contributed by atoms with E-state index in [0.717, 1.165) is 12.8 Å². The summed E-state index contributed by atoms with van der Waals surface area (Å²) >= 11 is 0. The third kappa shape index (κ3) is 2.99. The van der Waals surface area contributed by atoms with Crippen LogP contribution in [-0.2, 0) is 13.8 Å². The Kier molecular flexibility index (Phi) is 4.22. The highest BCUT2D eigenvalue weighted by molar-refractivity contribution is 8.14. The van der Waals surface area contributed by atoms with E-state index >= 15 is 0 Å². The number of likely N-dealkylation sites (tertiary alicyclic amines) is 1. The zero-order chi connectivity index (χ0) is 13.3. The van der Waals surface area contributed by atoms with Crippen LogP contribution in [0.25, 0.3) is 0 Å². The largest absolute Gasteiger partial charge is 0.338 e. The number of nitrogens with zero attached hydrogens (tertiary/aromatic N) is 1. The van der Waals surface area contributed by atoms with Crippen molar-refractivity contribution in [1.82, 2.24) is 4.90 Å². The minimum atomic E-state index is -3.62. The second kappa shape index (κ2) is 5.37. The minimum absolute atomic E-state index is 0.0445. The van der Waals surface area contributed by atoms with Gasteiger partial charge >= 0.3 is 0 Å². The summed E-state index contributed by atoms with van der Waals surface area (Å²) < 4.78 is 22.6. The highest BCUT2D eigenvalue weighted by atomic mass is 35.7. The number of amides is 1. The molecule has 2 atom stereocenters. The summed E-state index contributed by atoms with van der Waals surface area (Å²) in [6.07, 6.45) is 6.04. The molecule has 1 amide bonds. The molecular weight excluding hydrogens is 274 g/mol. The molecule has 2 rings (SSSR count). The molecule has 6 heteroatoms. The second-order valence-corrected chi connectivity index (χ2v) is 8.39. The lowest BCUT2D eigenvalue weighted by Crippen LogP contribution is -2.41. The Hall–Kier alpha value is -0.290. The highest BCUT2D eigenvalue weighted by Gasteiger charge is 2.40. The molecule has 0 spiro atoms. The SMILES string of the molecule is C[C@@H](C1CCCCC1)N1CC(S(=O)(=O)Cl)CC1=O. The van der Waals surface area contributed by atoms with Crippen molar-refractivity contribution in [2.45, 2.75) is 56.7 Å². The maximum Gasteiger partial charge on any atom is 0.237 e. The fourth-order valence-electron chi connectivity index (χ4n) is 3.15. The van der Waals surface area contributed by atoms with Gasteiger partial charge in [0.05, 0.1) is 0 Å². The molecule has 0 radical (unpaired) electrons. The predicted molar refractivity (Wildman–Crippen MR) is 70.9 cm³/mol. The Morgan fingerprint density at radius 2 is 1.89 bits per heavy atom. The van der Waals surface area contributed by atoms with E-state index in [9.17, 15) is 13.2 Å². The summed E-state index contributed by atoms with van der Waals surface area (Å²) in [5.74, 6) is 0.446.